The van der Waals surface area contributed by atoms with E-state index in [1.807, 2.05) is 41.2 Å². The van der Waals surface area contributed by atoms with Gasteiger partial charge in [0.25, 0.3) is 0 Å². The second-order valence-electron chi connectivity index (χ2n) is 8.92. The molecule has 7 heteroatoms. The fourth-order valence-electron chi connectivity index (χ4n) is 4.90. The summed E-state index contributed by atoms with van der Waals surface area (Å²) >= 11 is 0. The lowest BCUT2D eigenvalue weighted by molar-refractivity contribution is 0.341. The molecule has 0 amide bonds. The second kappa shape index (κ2) is 8.61. The molecule has 1 aliphatic rings. The molecule has 2 aromatic heterocycles. The Balaban J connectivity index is 1.36. The molecule has 1 unspecified atom stereocenters. The van der Waals surface area contributed by atoms with Gasteiger partial charge in [-0.15, -0.1) is 0 Å². The topological polar surface area (TPSA) is 80.9 Å². The minimum absolute atomic E-state index is 0.377. The highest BCUT2D eigenvalue weighted by Crippen LogP contribution is 2.44. The average molecular weight is 446 g/mol. The van der Waals surface area contributed by atoms with Crippen LogP contribution in [-0.2, 0) is 4.57 Å². The number of fused-ring (bicyclic) bond motifs is 1. The molecular formula is C25H27N4O2P. The molecule has 6 nitrogen and oxygen atoms in total. The number of rotatable bonds is 5. The first-order chi connectivity index (χ1) is 15.5. The second-order valence-corrected chi connectivity index (χ2v) is 11.4. The third kappa shape index (κ3) is 4.38. The molecule has 2 aromatic carbocycles. The maximum absolute atomic E-state index is 11.7. The van der Waals surface area contributed by atoms with Gasteiger partial charge < -0.3 is 4.89 Å². The van der Waals surface area contributed by atoms with Crippen molar-refractivity contribution < 1.29 is 9.46 Å². The maximum Gasteiger partial charge on any atom is 0.197 e. The van der Waals surface area contributed by atoms with Gasteiger partial charge in [0.2, 0.25) is 0 Å². The summed E-state index contributed by atoms with van der Waals surface area (Å²) in [5.74, 6) is 0.893. The van der Waals surface area contributed by atoms with E-state index in [0.29, 0.717) is 18.0 Å². The molecule has 0 radical (unpaired) electrons. The Bertz CT molecular complexity index is 1260. The highest BCUT2D eigenvalue weighted by Gasteiger charge is 2.26. The summed E-state index contributed by atoms with van der Waals surface area (Å²) in [6.45, 7) is 1.48. The standard InChI is InChI=1S/C25H27N4O2P/c1-32(30,31)15-18-7-9-19(10-8-18)20-11-13-22(14-12-20)29-17-28-24-23(26-16-27-25(24)29)21-5-3-2-4-6-21/h2-6,11-14,16-19H,7-10,15H2,1H3,(H,30,31)/t18-,19-. The van der Waals surface area contributed by atoms with Crippen molar-refractivity contribution in [1.29, 1.82) is 0 Å². The van der Waals surface area contributed by atoms with Crippen LogP contribution in [0.5, 0.6) is 0 Å². The fraction of sp³-hybridized carbons (Fsp3) is 0.320. The van der Waals surface area contributed by atoms with Crippen molar-refractivity contribution in [3.63, 3.8) is 0 Å². The zero-order chi connectivity index (χ0) is 22.1. The molecule has 5 rings (SSSR count). The van der Waals surface area contributed by atoms with Crippen LogP contribution in [0, 0.1) is 5.92 Å². The Kier molecular flexibility index (Phi) is 5.66. The van der Waals surface area contributed by atoms with Gasteiger partial charge in [-0.3, -0.25) is 9.13 Å². The molecule has 32 heavy (non-hydrogen) atoms. The van der Waals surface area contributed by atoms with Crippen molar-refractivity contribution in [2.75, 3.05) is 12.8 Å². The van der Waals surface area contributed by atoms with Crippen LogP contribution in [-0.4, -0.2) is 37.2 Å². The first-order valence-electron chi connectivity index (χ1n) is 11.1. The minimum Gasteiger partial charge on any atom is -0.344 e. The van der Waals surface area contributed by atoms with Crippen LogP contribution in [0.3, 0.4) is 0 Å². The summed E-state index contributed by atoms with van der Waals surface area (Å²) in [4.78, 5) is 23.3. The van der Waals surface area contributed by atoms with Gasteiger partial charge in [-0.25, -0.2) is 15.0 Å². The molecule has 1 N–H and O–H groups in total. The van der Waals surface area contributed by atoms with Gasteiger partial charge >= 0.3 is 0 Å². The number of hydrogen-bond donors (Lipinski definition) is 1. The molecule has 4 aromatic rings. The summed E-state index contributed by atoms with van der Waals surface area (Å²) in [5, 5.41) is 0. The highest BCUT2D eigenvalue weighted by molar-refractivity contribution is 7.57. The summed E-state index contributed by atoms with van der Waals surface area (Å²) in [6, 6.07) is 18.7. The van der Waals surface area contributed by atoms with Gasteiger partial charge in [0.1, 0.15) is 23.9 Å². The Morgan fingerprint density at radius 1 is 0.969 bits per heavy atom. The van der Waals surface area contributed by atoms with E-state index in [4.69, 9.17) is 0 Å². The quantitative estimate of drug-likeness (QED) is 0.400. The predicted molar refractivity (Wildman–Crippen MR) is 127 cm³/mol. The van der Waals surface area contributed by atoms with E-state index in [1.54, 1.807) is 6.33 Å². The third-order valence-corrected chi connectivity index (χ3v) is 7.66. The number of imidazole rings is 1. The molecule has 164 valence electrons. The molecule has 1 aliphatic carbocycles. The first kappa shape index (κ1) is 21.0. The van der Waals surface area contributed by atoms with E-state index in [1.165, 1.54) is 12.2 Å². The summed E-state index contributed by atoms with van der Waals surface area (Å²) in [7, 11) is -2.92. The number of benzene rings is 2. The van der Waals surface area contributed by atoms with Gasteiger partial charge in [-0.05, 0) is 55.2 Å². The normalized spacial score (nSPS) is 20.8. The molecule has 1 saturated carbocycles. The van der Waals surface area contributed by atoms with Gasteiger partial charge in [-0.1, -0.05) is 42.5 Å². The molecule has 0 aliphatic heterocycles. The van der Waals surface area contributed by atoms with E-state index in [9.17, 15) is 9.46 Å². The zero-order valence-corrected chi connectivity index (χ0v) is 19.0. The van der Waals surface area contributed by atoms with Crippen molar-refractivity contribution in [2.24, 2.45) is 5.92 Å². The lowest BCUT2D eigenvalue weighted by atomic mass is 9.79. The SMILES string of the molecule is CP(=O)(O)C[C@H]1CC[C@H](c2ccc(-n3cnc4c(-c5ccccc5)ncnc43)cc2)CC1. The Labute approximate surface area is 187 Å². The van der Waals surface area contributed by atoms with Crippen LogP contribution < -0.4 is 0 Å². The van der Waals surface area contributed by atoms with E-state index < -0.39 is 7.37 Å². The van der Waals surface area contributed by atoms with Crippen LogP contribution in [0.1, 0.15) is 37.2 Å². The molecule has 0 saturated heterocycles. The largest absolute Gasteiger partial charge is 0.344 e. The first-order valence-corrected chi connectivity index (χ1v) is 13.4. The Morgan fingerprint density at radius 3 is 2.38 bits per heavy atom. The molecule has 1 atom stereocenters. The molecule has 0 spiro atoms. The monoisotopic (exact) mass is 446 g/mol. The number of nitrogens with zero attached hydrogens (tertiary/aromatic N) is 4. The summed E-state index contributed by atoms with van der Waals surface area (Å²) in [5.41, 5.74) is 5.80. The van der Waals surface area contributed by atoms with Gasteiger partial charge in [0.05, 0.1) is 0 Å². The van der Waals surface area contributed by atoms with Crippen molar-refractivity contribution in [3.05, 3.63) is 72.8 Å². The van der Waals surface area contributed by atoms with Crippen molar-refractivity contribution in [1.82, 2.24) is 19.5 Å². The van der Waals surface area contributed by atoms with Crippen molar-refractivity contribution in [3.8, 4) is 16.9 Å². The van der Waals surface area contributed by atoms with E-state index in [0.717, 1.165) is 53.8 Å². The molecule has 0 bridgehead atoms. The lowest BCUT2D eigenvalue weighted by Crippen LogP contribution is -2.16. The number of hydrogen-bond acceptors (Lipinski definition) is 4. The summed E-state index contributed by atoms with van der Waals surface area (Å²) < 4.78 is 13.7. The van der Waals surface area contributed by atoms with Crippen LogP contribution in [0.4, 0.5) is 0 Å². The van der Waals surface area contributed by atoms with Gasteiger partial charge in [-0.2, -0.15) is 0 Å². The van der Waals surface area contributed by atoms with Gasteiger partial charge in [0, 0.05) is 24.1 Å². The smallest absolute Gasteiger partial charge is 0.197 e. The van der Waals surface area contributed by atoms with Crippen LogP contribution in [0.25, 0.3) is 28.1 Å². The Morgan fingerprint density at radius 2 is 1.69 bits per heavy atom. The minimum atomic E-state index is -2.92. The average Bonchev–Trinajstić information content (AvgIpc) is 3.24. The van der Waals surface area contributed by atoms with Crippen molar-refractivity contribution in [2.45, 2.75) is 31.6 Å². The zero-order valence-electron chi connectivity index (χ0n) is 18.1. The van der Waals surface area contributed by atoms with Crippen LogP contribution in [0.15, 0.2) is 67.3 Å². The fourth-order valence-corrected chi connectivity index (χ4v) is 6.22. The highest BCUT2D eigenvalue weighted by atomic mass is 31.2. The predicted octanol–water partition coefficient (Wildman–Crippen LogP) is 5.66. The van der Waals surface area contributed by atoms with E-state index in [-0.39, 0.29) is 0 Å². The molecule has 2 heterocycles. The molecule has 1 fully saturated rings. The number of aromatic nitrogens is 4. The maximum atomic E-state index is 11.7. The van der Waals surface area contributed by atoms with Crippen LogP contribution >= 0.6 is 7.37 Å². The van der Waals surface area contributed by atoms with E-state index in [2.05, 4.69) is 39.2 Å². The third-order valence-electron chi connectivity index (χ3n) is 6.47. The molecular weight excluding hydrogens is 419 g/mol. The summed E-state index contributed by atoms with van der Waals surface area (Å²) in [6.07, 6.45) is 8.06. The van der Waals surface area contributed by atoms with Crippen molar-refractivity contribution >= 4 is 18.5 Å². The van der Waals surface area contributed by atoms with Gasteiger partial charge in [0.15, 0.2) is 13.0 Å². The van der Waals surface area contributed by atoms with Crippen LogP contribution in [0.2, 0.25) is 0 Å². The van der Waals surface area contributed by atoms with E-state index >= 15 is 0 Å². The lowest BCUT2D eigenvalue weighted by Gasteiger charge is -2.29. The Hall–Kier alpha value is -2.82.